The molecule has 3 aromatic rings. The molecule has 2 aliphatic rings. The number of benzene rings is 3. The van der Waals surface area contributed by atoms with Crippen molar-refractivity contribution >= 4 is 33.4 Å². The van der Waals surface area contributed by atoms with Gasteiger partial charge in [0.25, 0.3) is 11.7 Å². The highest BCUT2D eigenvalue weighted by Crippen LogP contribution is 2.40. The molecule has 0 radical (unpaired) electrons. The summed E-state index contributed by atoms with van der Waals surface area (Å²) in [5.74, 6) is -0.756. The molecule has 5 rings (SSSR count). The number of morpholine rings is 1. The van der Waals surface area contributed by atoms with Crippen molar-refractivity contribution in [2.24, 2.45) is 0 Å². The molecule has 40 heavy (non-hydrogen) atoms. The van der Waals surface area contributed by atoms with Gasteiger partial charge in [0.05, 0.1) is 24.8 Å². The number of ether oxygens (including phenoxy) is 2. The van der Waals surface area contributed by atoms with Gasteiger partial charge in [-0.1, -0.05) is 58.4 Å². The van der Waals surface area contributed by atoms with Crippen molar-refractivity contribution < 1.29 is 24.2 Å². The molecule has 0 aromatic heterocycles. The number of hydrogen-bond acceptors (Lipinski definition) is 6. The van der Waals surface area contributed by atoms with E-state index in [-0.39, 0.29) is 11.3 Å². The lowest BCUT2D eigenvalue weighted by Gasteiger charge is -2.29. The van der Waals surface area contributed by atoms with Gasteiger partial charge in [-0.25, -0.2) is 0 Å². The van der Waals surface area contributed by atoms with E-state index in [1.165, 1.54) is 0 Å². The molecule has 1 N–H and O–H groups in total. The summed E-state index contributed by atoms with van der Waals surface area (Å²) in [7, 11) is 0. The van der Waals surface area contributed by atoms with E-state index in [0.717, 1.165) is 40.8 Å². The fraction of sp³-hybridized carbons (Fsp3) is 0.312. The van der Waals surface area contributed by atoms with Gasteiger partial charge in [0, 0.05) is 36.2 Å². The first-order chi connectivity index (χ1) is 19.4. The number of rotatable bonds is 9. The van der Waals surface area contributed by atoms with Gasteiger partial charge in [-0.2, -0.15) is 0 Å². The number of aryl methyl sites for hydroxylation is 1. The molecular weight excluding hydrogens is 572 g/mol. The lowest BCUT2D eigenvalue weighted by atomic mass is 9.94. The molecule has 0 aliphatic carbocycles. The van der Waals surface area contributed by atoms with Gasteiger partial charge in [-0.3, -0.25) is 14.5 Å². The van der Waals surface area contributed by atoms with E-state index < -0.39 is 17.7 Å². The maximum absolute atomic E-state index is 13.4. The third kappa shape index (κ3) is 6.30. The third-order valence-electron chi connectivity index (χ3n) is 7.37. The van der Waals surface area contributed by atoms with Gasteiger partial charge < -0.3 is 19.5 Å². The average molecular weight is 606 g/mol. The first kappa shape index (κ1) is 28.1. The van der Waals surface area contributed by atoms with E-state index in [4.69, 9.17) is 9.47 Å². The fourth-order valence-corrected chi connectivity index (χ4v) is 5.69. The first-order valence-electron chi connectivity index (χ1n) is 13.5. The summed E-state index contributed by atoms with van der Waals surface area (Å²) in [5.41, 5.74) is 3.21. The standard InChI is InChI=1S/C32H33BrN2O5/c1-22-19-25(11-12-27(22)40-21-23-7-3-2-4-8-23)30(36)28-29(24-9-5-10-26(33)20-24)35(32(38)31(28)37)14-6-13-34-15-17-39-18-16-34/h2-5,7-12,19-20,29,36H,6,13-18,21H2,1H3/b30-28+/t29-/m1/s1. The normalized spacial score (nSPS) is 19.2. The second-order valence-electron chi connectivity index (χ2n) is 10.1. The summed E-state index contributed by atoms with van der Waals surface area (Å²) in [6.07, 6.45) is 0.712. The highest BCUT2D eigenvalue weighted by molar-refractivity contribution is 9.10. The highest BCUT2D eigenvalue weighted by atomic mass is 79.9. The van der Waals surface area contributed by atoms with Crippen LogP contribution in [-0.2, 0) is 20.9 Å². The Kier molecular flexibility index (Phi) is 8.99. The van der Waals surface area contributed by atoms with E-state index >= 15 is 0 Å². The number of aliphatic hydroxyl groups is 1. The maximum atomic E-state index is 13.4. The van der Waals surface area contributed by atoms with Crippen LogP contribution < -0.4 is 4.74 Å². The molecule has 0 saturated carbocycles. The van der Waals surface area contributed by atoms with Crippen LogP contribution in [0.1, 0.15) is 34.7 Å². The van der Waals surface area contributed by atoms with Crippen LogP contribution in [0.4, 0.5) is 0 Å². The van der Waals surface area contributed by atoms with E-state index in [1.54, 1.807) is 23.1 Å². The van der Waals surface area contributed by atoms with Crippen LogP contribution in [0.3, 0.4) is 0 Å². The Morgan fingerprint density at radius 2 is 1.77 bits per heavy atom. The average Bonchev–Trinajstić information content (AvgIpc) is 3.22. The van der Waals surface area contributed by atoms with Crippen LogP contribution in [0.5, 0.6) is 5.75 Å². The molecule has 0 spiro atoms. The predicted molar refractivity (Wildman–Crippen MR) is 157 cm³/mol. The summed E-state index contributed by atoms with van der Waals surface area (Å²) in [5, 5.41) is 11.5. The second kappa shape index (κ2) is 12.8. The van der Waals surface area contributed by atoms with Gasteiger partial charge in [-0.05, 0) is 60.4 Å². The maximum Gasteiger partial charge on any atom is 0.295 e. The SMILES string of the molecule is Cc1cc(/C(O)=C2\C(=O)C(=O)N(CCCN3CCOCC3)[C@@H]2c2cccc(Br)c2)ccc1OCc1ccccc1. The molecular formula is C32H33BrN2O5. The highest BCUT2D eigenvalue weighted by Gasteiger charge is 2.45. The van der Waals surface area contributed by atoms with Gasteiger partial charge in [0.2, 0.25) is 0 Å². The number of hydrogen-bond donors (Lipinski definition) is 1. The van der Waals surface area contributed by atoms with Gasteiger partial charge in [0.15, 0.2) is 0 Å². The lowest BCUT2D eigenvalue weighted by Crippen LogP contribution is -2.38. The Bertz CT molecular complexity index is 1400. The largest absolute Gasteiger partial charge is 0.507 e. The minimum Gasteiger partial charge on any atom is -0.507 e. The minimum atomic E-state index is -0.684. The molecule has 2 saturated heterocycles. The topological polar surface area (TPSA) is 79.3 Å². The molecule has 8 heteroatoms. The van der Waals surface area contributed by atoms with Crippen LogP contribution in [0.15, 0.2) is 82.8 Å². The zero-order valence-electron chi connectivity index (χ0n) is 22.5. The number of aliphatic hydroxyl groups excluding tert-OH is 1. The molecule has 2 heterocycles. The Morgan fingerprint density at radius 3 is 2.50 bits per heavy atom. The Balaban J connectivity index is 1.42. The number of amides is 1. The van der Waals surface area contributed by atoms with E-state index in [0.29, 0.717) is 44.1 Å². The Hall–Kier alpha value is -3.46. The quantitative estimate of drug-likeness (QED) is 0.198. The summed E-state index contributed by atoms with van der Waals surface area (Å²) in [6, 6.07) is 22.1. The molecule has 3 aromatic carbocycles. The smallest absolute Gasteiger partial charge is 0.295 e. The van der Waals surface area contributed by atoms with E-state index in [1.807, 2.05) is 61.5 Å². The molecule has 2 fully saturated rings. The van der Waals surface area contributed by atoms with Crippen molar-refractivity contribution in [3.63, 3.8) is 0 Å². The molecule has 7 nitrogen and oxygen atoms in total. The number of carbonyl (C=O) groups excluding carboxylic acids is 2. The summed E-state index contributed by atoms with van der Waals surface area (Å²) in [6.45, 7) is 6.66. The molecule has 2 aliphatic heterocycles. The number of ketones is 1. The van der Waals surface area contributed by atoms with Crippen LogP contribution in [0.25, 0.3) is 5.76 Å². The number of halogens is 1. The Labute approximate surface area is 243 Å². The zero-order valence-corrected chi connectivity index (χ0v) is 24.1. The number of Topliss-reactive ketones (excluding diaryl/α,β-unsaturated/α-hetero) is 1. The molecule has 1 amide bonds. The lowest BCUT2D eigenvalue weighted by molar-refractivity contribution is -0.140. The van der Waals surface area contributed by atoms with Crippen LogP contribution in [0.2, 0.25) is 0 Å². The molecule has 208 valence electrons. The van der Waals surface area contributed by atoms with Crippen molar-refractivity contribution in [2.45, 2.75) is 26.0 Å². The molecule has 0 unspecified atom stereocenters. The predicted octanol–water partition coefficient (Wildman–Crippen LogP) is 5.48. The second-order valence-corrected chi connectivity index (χ2v) is 11.0. The minimum absolute atomic E-state index is 0.104. The fourth-order valence-electron chi connectivity index (χ4n) is 5.27. The van der Waals surface area contributed by atoms with Gasteiger partial charge in [-0.15, -0.1) is 0 Å². The number of carbonyl (C=O) groups is 2. The van der Waals surface area contributed by atoms with Gasteiger partial charge >= 0.3 is 0 Å². The van der Waals surface area contributed by atoms with Crippen LogP contribution in [0, 0.1) is 6.92 Å². The van der Waals surface area contributed by atoms with Crippen LogP contribution >= 0.6 is 15.9 Å². The zero-order chi connectivity index (χ0) is 28.1. The molecule has 1 atom stereocenters. The Morgan fingerprint density at radius 1 is 1.00 bits per heavy atom. The number of nitrogens with zero attached hydrogens (tertiary/aromatic N) is 2. The van der Waals surface area contributed by atoms with Crippen molar-refractivity contribution in [1.82, 2.24) is 9.80 Å². The van der Waals surface area contributed by atoms with Gasteiger partial charge in [0.1, 0.15) is 18.1 Å². The summed E-state index contributed by atoms with van der Waals surface area (Å²) in [4.78, 5) is 30.6. The van der Waals surface area contributed by atoms with Crippen LogP contribution in [-0.4, -0.2) is 66.0 Å². The van der Waals surface area contributed by atoms with Crippen molar-refractivity contribution in [3.8, 4) is 5.75 Å². The van der Waals surface area contributed by atoms with Crippen molar-refractivity contribution in [3.05, 3.63) is 105 Å². The monoisotopic (exact) mass is 604 g/mol. The van der Waals surface area contributed by atoms with Crippen molar-refractivity contribution in [1.29, 1.82) is 0 Å². The van der Waals surface area contributed by atoms with E-state index in [2.05, 4.69) is 20.8 Å². The molecule has 0 bridgehead atoms. The van der Waals surface area contributed by atoms with Crippen molar-refractivity contribution in [2.75, 3.05) is 39.4 Å². The number of likely N-dealkylation sites (tertiary alicyclic amines) is 1. The summed E-state index contributed by atoms with van der Waals surface area (Å²) < 4.78 is 12.3. The summed E-state index contributed by atoms with van der Waals surface area (Å²) >= 11 is 3.52. The third-order valence-corrected chi connectivity index (χ3v) is 7.86. The first-order valence-corrected chi connectivity index (χ1v) is 14.3. The van der Waals surface area contributed by atoms with E-state index in [9.17, 15) is 14.7 Å².